The summed E-state index contributed by atoms with van der Waals surface area (Å²) < 4.78 is 11.9. The summed E-state index contributed by atoms with van der Waals surface area (Å²) in [5.41, 5.74) is 3.33. The molecule has 150 valence electrons. The second-order valence-corrected chi connectivity index (χ2v) is 7.53. The molecule has 4 aromatic rings. The van der Waals surface area contributed by atoms with Crippen molar-refractivity contribution >= 4 is 34.0 Å². The van der Waals surface area contributed by atoms with Crippen LogP contribution >= 0.6 is 11.8 Å². The van der Waals surface area contributed by atoms with Crippen LogP contribution in [0.25, 0.3) is 22.2 Å². The molecule has 29 heavy (non-hydrogen) atoms. The van der Waals surface area contributed by atoms with Gasteiger partial charge in [-0.3, -0.25) is 4.57 Å². The number of aliphatic hydroxyl groups is 3. The van der Waals surface area contributed by atoms with Crippen LogP contribution in [-0.4, -0.2) is 70.1 Å². The first kappa shape index (κ1) is 18.4. The van der Waals surface area contributed by atoms with Crippen LogP contribution in [0.5, 0.6) is 0 Å². The van der Waals surface area contributed by atoms with Gasteiger partial charge in [-0.05, 0) is 21.9 Å². The molecule has 11 nitrogen and oxygen atoms in total. The van der Waals surface area contributed by atoms with Crippen LogP contribution in [0.2, 0.25) is 0 Å². The molecule has 0 radical (unpaired) electrons. The van der Waals surface area contributed by atoms with Gasteiger partial charge in [0.2, 0.25) is 0 Å². The zero-order valence-electron chi connectivity index (χ0n) is 14.9. The summed E-state index contributed by atoms with van der Waals surface area (Å²) in [4.78, 5) is 12.9. The molecule has 3 aromatic heterocycles. The summed E-state index contributed by atoms with van der Waals surface area (Å²) in [6.45, 7) is -0.403. The fourth-order valence-corrected chi connectivity index (χ4v) is 4.28. The maximum absolute atomic E-state index is 10.3. The number of benzene rings is 1. The second-order valence-electron chi connectivity index (χ2n) is 6.57. The van der Waals surface area contributed by atoms with E-state index >= 15 is 0 Å². The highest BCUT2D eigenvalue weighted by Crippen LogP contribution is 2.33. The van der Waals surface area contributed by atoms with Crippen LogP contribution in [0.1, 0.15) is 11.8 Å². The highest BCUT2D eigenvalue weighted by Gasteiger charge is 2.44. The molecule has 4 atom stereocenters. The molecule has 4 heterocycles. The Morgan fingerprint density at radius 1 is 1.07 bits per heavy atom. The molecule has 0 saturated carbocycles. The molecule has 0 amide bonds. The lowest BCUT2D eigenvalue weighted by Crippen LogP contribution is -2.33. The smallest absolute Gasteiger partial charge is 0.166 e. The minimum Gasteiger partial charge on any atom is -0.394 e. The summed E-state index contributed by atoms with van der Waals surface area (Å²) >= 11 is 1.45. The van der Waals surface area contributed by atoms with Crippen LogP contribution in [0.3, 0.4) is 0 Å². The van der Waals surface area contributed by atoms with Crippen molar-refractivity contribution in [1.82, 2.24) is 29.8 Å². The maximum Gasteiger partial charge on any atom is 0.166 e. The Balaban J connectivity index is 1.44. The molecule has 0 aliphatic carbocycles. The fraction of sp³-hybridized carbons (Fsp3) is 0.353. The normalized spacial score (nSPS) is 24.7. The van der Waals surface area contributed by atoms with Crippen molar-refractivity contribution in [2.75, 3.05) is 6.61 Å². The molecule has 1 aromatic carbocycles. The number of hydrogen-bond acceptors (Lipinski definition) is 11. The number of nitrogens with zero attached hydrogens (tertiary/aromatic N) is 6. The topological polar surface area (TPSA) is 152 Å². The first-order chi connectivity index (χ1) is 14.2. The number of fused-ring (bicyclic) bond motifs is 2. The van der Waals surface area contributed by atoms with Crippen molar-refractivity contribution in [2.24, 2.45) is 0 Å². The van der Waals surface area contributed by atoms with Crippen molar-refractivity contribution in [3.8, 4) is 0 Å². The van der Waals surface area contributed by atoms with Crippen LogP contribution in [0.4, 0.5) is 0 Å². The molecule has 0 unspecified atom stereocenters. The van der Waals surface area contributed by atoms with Gasteiger partial charge in [0, 0.05) is 5.75 Å². The van der Waals surface area contributed by atoms with E-state index in [4.69, 9.17) is 9.37 Å². The van der Waals surface area contributed by atoms with E-state index in [-0.39, 0.29) is 0 Å². The molecular weight excluding hydrogens is 400 g/mol. The third-order valence-corrected chi connectivity index (χ3v) is 5.88. The van der Waals surface area contributed by atoms with Crippen molar-refractivity contribution < 1.29 is 24.7 Å². The van der Waals surface area contributed by atoms with Crippen LogP contribution in [0.15, 0.2) is 40.5 Å². The van der Waals surface area contributed by atoms with Gasteiger partial charge in [0.05, 0.1) is 12.9 Å². The largest absolute Gasteiger partial charge is 0.394 e. The van der Waals surface area contributed by atoms with Gasteiger partial charge >= 0.3 is 0 Å². The van der Waals surface area contributed by atoms with Gasteiger partial charge in [0.15, 0.2) is 11.9 Å². The highest BCUT2D eigenvalue weighted by molar-refractivity contribution is 7.98. The molecule has 5 rings (SSSR count). The zero-order valence-corrected chi connectivity index (χ0v) is 15.7. The lowest BCUT2D eigenvalue weighted by Gasteiger charge is -2.16. The minimum absolute atomic E-state index is 0.403. The summed E-state index contributed by atoms with van der Waals surface area (Å²) in [6.07, 6.45) is -1.31. The first-order valence-electron chi connectivity index (χ1n) is 8.80. The van der Waals surface area contributed by atoms with Gasteiger partial charge in [-0.1, -0.05) is 23.9 Å². The van der Waals surface area contributed by atoms with Crippen molar-refractivity contribution in [1.29, 1.82) is 0 Å². The lowest BCUT2D eigenvalue weighted by atomic mass is 10.1. The summed E-state index contributed by atoms with van der Waals surface area (Å²) in [6, 6.07) is 5.65. The van der Waals surface area contributed by atoms with Crippen LogP contribution in [-0.2, 0) is 10.5 Å². The number of rotatable bonds is 5. The number of imidazole rings is 1. The molecule has 1 aliphatic heterocycles. The van der Waals surface area contributed by atoms with Gasteiger partial charge in [-0.2, -0.15) is 0 Å². The van der Waals surface area contributed by atoms with Crippen molar-refractivity contribution in [3.63, 3.8) is 0 Å². The average molecular weight is 416 g/mol. The van der Waals surface area contributed by atoms with Gasteiger partial charge in [-0.25, -0.2) is 19.6 Å². The van der Waals surface area contributed by atoms with E-state index in [0.29, 0.717) is 33.0 Å². The Bertz CT molecular complexity index is 1170. The molecule has 0 spiro atoms. The monoisotopic (exact) mass is 416 g/mol. The molecule has 0 bridgehead atoms. The molecule has 1 fully saturated rings. The molecule has 1 aliphatic rings. The standard InChI is InChI=1S/C17H16N6O5S/c24-4-10-13(25)14(26)17(27-10)23-7-20-12-15(23)18-6-19-16(12)29-5-8-2-1-3-9-11(8)22-28-21-9/h1-3,6-7,10,13-14,17,24-26H,4-5H2/t10-,13-,14-,17-/m1/s1. The van der Waals surface area contributed by atoms with E-state index in [1.165, 1.54) is 29.0 Å². The van der Waals surface area contributed by atoms with Crippen LogP contribution in [0, 0.1) is 0 Å². The summed E-state index contributed by atoms with van der Waals surface area (Å²) in [7, 11) is 0. The van der Waals surface area contributed by atoms with E-state index in [9.17, 15) is 15.3 Å². The lowest BCUT2D eigenvalue weighted by molar-refractivity contribution is -0.0511. The fourth-order valence-electron chi connectivity index (χ4n) is 3.36. The van der Waals surface area contributed by atoms with E-state index in [0.717, 1.165) is 5.56 Å². The van der Waals surface area contributed by atoms with Crippen molar-refractivity contribution in [3.05, 3.63) is 36.4 Å². The number of ether oxygens (including phenoxy) is 1. The Morgan fingerprint density at radius 2 is 1.97 bits per heavy atom. The number of thioether (sulfide) groups is 1. The molecule has 3 N–H and O–H groups in total. The third kappa shape index (κ3) is 3.05. The first-order valence-corrected chi connectivity index (χ1v) is 9.79. The predicted octanol–water partition coefficient (Wildman–Crippen LogP) is 0.266. The Morgan fingerprint density at radius 3 is 2.79 bits per heavy atom. The van der Waals surface area contributed by atoms with Gasteiger partial charge in [-0.15, -0.1) is 0 Å². The van der Waals surface area contributed by atoms with Gasteiger partial charge in [0.1, 0.15) is 46.2 Å². The van der Waals surface area contributed by atoms with E-state index in [1.807, 2.05) is 18.2 Å². The highest BCUT2D eigenvalue weighted by atomic mass is 32.2. The van der Waals surface area contributed by atoms with E-state index < -0.39 is 31.1 Å². The van der Waals surface area contributed by atoms with E-state index in [1.54, 1.807) is 0 Å². The number of aromatic nitrogens is 6. The Labute approximate surface area is 167 Å². The van der Waals surface area contributed by atoms with Crippen LogP contribution < -0.4 is 0 Å². The van der Waals surface area contributed by atoms with Crippen molar-refractivity contribution in [2.45, 2.75) is 35.3 Å². The van der Waals surface area contributed by atoms with E-state index in [2.05, 4.69) is 25.3 Å². The molecular formula is C17H16N6O5S. The third-order valence-electron chi connectivity index (χ3n) is 4.85. The number of aliphatic hydroxyl groups excluding tert-OH is 3. The minimum atomic E-state index is -1.21. The second kappa shape index (κ2) is 7.31. The van der Waals surface area contributed by atoms with Gasteiger partial charge < -0.3 is 20.1 Å². The zero-order chi connectivity index (χ0) is 20.0. The Kier molecular flexibility index (Phi) is 4.64. The van der Waals surface area contributed by atoms with Gasteiger partial charge in [0.25, 0.3) is 0 Å². The number of hydrogen-bond donors (Lipinski definition) is 3. The predicted molar refractivity (Wildman–Crippen MR) is 99.7 cm³/mol. The maximum atomic E-state index is 10.3. The average Bonchev–Trinajstić information content (AvgIpc) is 3.45. The summed E-state index contributed by atoms with van der Waals surface area (Å²) in [5, 5.41) is 38.0. The molecule has 12 heteroatoms. The Hall–Kier alpha value is -2.64. The molecule has 1 saturated heterocycles. The SMILES string of the molecule is OC[C@H]1O[C@@H](n2cnc3c(SCc4cccc5nonc45)ncnc32)[C@H](O)[C@@H]1O. The summed E-state index contributed by atoms with van der Waals surface area (Å²) in [5.74, 6) is 0.568. The quantitative estimate of drug-likeness (QED) is 0.303.